The molecular weight excluding hydrogens is 895 g/mol. The normalized spacial score (nSPS) is 11.1. The zero-order chi connectivity index (χ0) is 49.5. The van der Waals surface area contributed by atoms with Crippen molar-refractivity contribution in [3.05, 3.63) is 297 Å². The summed E-state index contributed by atoms with van der Waals surface area (Å²) < 4.78 is 0. The van der Waals surface area contributed by atoms with Crippen LogP contribution >= 0.6 is 0 Å². The molecule has 0 saturated heterocycles. The predicted molar refractivity (Wildman–Crippen MR) is 308 cm³/mol. The van der Waals surface area contributed by atoms with E-state index in [4.69, 9.17) is 4.98 Å². The summed E-state index contributed by atoms with van der Waals surface area (Å²) in [5.74, 6) is 0. The molecule has 0 unspecified atom stereocenters. The molecule has 3 heterocycles. The summed E-state index contributed by atoms with van der Waals surface area (Å²) in [6.07, 6.45) is 5.44. The Balaban J connectivity index is 0.877. The number of aromatic nitrogens is 3. The zero-order valence-corrected chi connectivity index (χ0v) is 40.9. The van der Waals surface area contributed by atoms with E-state index in [-0.39, 0.29) is 0 Å². The Bertz CT molecular complexity index is 3670. The molecule has 0 N–H and O–H groups in total. The molecule has 0 fully saturated rings. The largest absolute Gasteiger partial charge is 0.256 e. The quantitative estimate of drug-likeness (QED) is 0.116. The highest BCUT2D eigenvalue weighted by Crippen LogP contribution is 2.40. The van der Waals surface area contributed by atoms with E-state index >= 15 is 0 Å². The second-order valence-electron chi connectivity index (χ2n) is 18.7. The summed E-state index contributed by atoms with van der Waals surface area (Å²) >= 11 is 0. The van der Waals surface area contributed by atoms with Gasteiger partial charge in [0.15, 0.2) is 0 Å². The molecule has 0 atom stereocenters. The first-order valence-corrected chi connectivity index (χ1v) is 25.3. The second-order valence-corrected chi connectivity index (χ2v) is 18.7. The Morgan fingerprint density at radius 3 is 1.01 bits per heavy atom. The summed E-state index contributed by atoms with van der Waals surface area (Å²) in [6.45, 7) is 0. The van der Waals surface area contributed by atoms with E-state index in [2.05, 4.69) is 259 Å². The van der Waals surface area contributed by atoms with Crippen molar-refractivity contribution in [2.24, 2.45) is 0 Å². The Hall–Kier alpha value is -9.57. The molecule has 0 radical (unpaired) electrons. The van der Waals surface area contributed by atoms with Crippen LogP contribution in [0.15, 0.2) is 285 Å². The average molecular weight is 946 g/mol. The molecular formula is C71H51N3. The minimum atomic E-state index is 0.868. The van der Waals surface area contributed by atoms with Gasteiger partial charge >= 0.3 is 0 Å². The maximum atomic E-state index is 5.25. The van der Waals surface area contributed by atoms with Crippen molar-refractivity contribution in [3.63, 3.8) is 0 Å². The van der Waals surface area contributed by atoms with E-state index in [1.807, 2.05) is 36.7 Å². The molecule has 3 heteroatoms. The van der Waals surface area contributed by atoms with Crippen LogP contribution < -0.4 is 0 Å². The van der Waals surface area contributed by atoms with Gasteiger partial charge in [-0.15, -0.1) is 0 Å². The fraction of sp³-hybridized carbons (Fsp3) is 0.0282. The Morgan fingerprint density at radius 1 is 0.203 bits per heavy atom. The van der Waals surface area contributed by atoms with Gasteiger partial charge in [-0.1, -0.05) is 231 Å². The van der Waals surface area contributed by atoms with Crippen molar-refractivity contribution in [1.29, 1.82) is 0 Å². The van der Waals surface area contributed by atoms with Gasteiger partial charge in [-0.2, -0.15) is 0 Å². The number of rotatable bonds is 13. The second kappa shape index (κ2) is 21.0. The highest BCUT2D eigenvalue weighted by atomic mass is 14.7. The van der Waals surface area contributed by atoms with E-state index in [9.17, 15) is 0 Å². The lowest BCUT2D eigenvalue weighted by Gasteiger charge is -2.17. The minimum absolute atomic E-state index is 0.868. The first-order chi connectivity index (χ1) is 36.6. The van der Waals surface area contributed by atoms with Gasteiger partial charge in [0, 0.05) is 34.6 Å². The van der Waals surface area contributed by atoms with Crippen LogP contribution in [0.2, 0.25) is 0 Å². The summed E-state index contributed by atoms with van der Waals surface area (Å²) in [6, 6.07) is 97.8. The third-order valence-electron chi connectivity index (χ3n) is 14.0. The van der Waals surface area contributed by atoms with Crippen LogP contribution in [0.5, 0.6) is 0 Å². The van der Waals surface area contributed by atoms with Gasteiger partial charge in [0.1, 0.15) is 0 Å². The van der Waals surface area contributed by atoms with Crippen molar-refractivity contribution in [3.8, 4) is 112 Å². The first kappa shape index (κ1) is 45.6. The predicted octanol–water partition coefficient (Wildman–Crippen LogP) is 18.3. The lowest BCUT2D eigenvalue weighted by atomic mass is 9.87. The summed E-state index contributed by atoms with van der Waals surface area (Å²) in [7, 11) is 0. The van der Waals surface area contributed by atoms with Crippen molar-refractivity contribution in [2.45, 2.75) is 12.8 Å². The van der Waals surface area contributed by atoms with E-state index < -0.39 is 0 Å². The fourth-order valence-corrected chi connectivity index (χ4v) is 10.0. The molecule has 0 bridgehead atoms. The van der Waals surface area contributed by atoms with Crippen LogP contribution in [0, 0.1) is 0 Å². The van der Waals surface area contributed by atoms with Crippen LogP contribution in [0.1, 0.15) is 11.1 Å². The smallest absolute Gasteiger partial charge is 0.0715 e. The van der Waals surface area contributed by atoms with Crippen LogP contribution in [-0.2, 0) is 12.8 Å². The number of nitrogens with zero attached hydrogens (tertiary/aromatic N) is 3. The van der Waals surface area contributed by atoms with Crippen molar-refractivity contribution < 1.29 is 0 Å². The first-order valence-electron chi connectivity index (χ1n) is 25.3. The topological polar surface area (TPSA) is 38.7 Å². The van der Waals surface area contributed by atoms with E-state index in [0.29, 0.717) is 0 Å². The monoisotopic (exact) mass is 945 g/mol. The minimum Gasteiger partial charge on any atom is -0.256 e. The molecule has 0 aliphatic carbocycles. The van der Waals surface area contributed by atoms with Crippen molar-refractivity contribution in [2.75, 3.05) is 0 Å². The molecule has 0 aliphatic heterocycles. The molecule has 12 aromatic rings. The zero-order valence-electron chi connectivity index (χ0n) is 40.9. The molecule has 0 aliphatic rings. The molecule has 3 aromatic heterocycles. The van der Waals surface area contributed by atoms with Gasteiger partial charge in [-0.05, 0) is 133 Å². The Labute approximate surface area is 433 Å². The number of hydrogen-bond donors (Lipinski definition) is 0. The highest BCUT2D eigenvalue weighted by Gasteiger charge is 2.16. The van der Waals surface area contributed by atoms with Gasteiger partial charge in [-0.25, -0.2) is 4.98 Å². The molecule has 3 nitrogen and oxygen atoms in total. The standard InChI is InChI=1S/C71H51N3/c1-3-15-52(16-4-1)53-31-33-54(34-32-53)61-48-70(57-17-5-2-6-18-57)74-71(49-61)60-29-27-50(28-30-60)25-26-51-45-62(66-21-9-7-19-64(66)55-35-39-58(40-36-55)68-23-11-13-43-72-68)47-63(46-51)67-22-10-8-20-65(67)56-37-41-59(42-38-56)69-24-12-14-44-73-69/h1-24,27-49H,25-26H2. The third-order valence-corrected chi connectivity index (χ3v) is 14.0. The van der Waals surface area contributed by atoms with Crippen LogP contribution in [0.3, 0.4) is 0 Å². The van der Waals surface area contributed by atoms with E-state index in [1.54, 1.807) is 0 Å². The highest BCUT2D eigenvalue weighted by molar-refractivity contribution is 5.90. The molecule has 0 saturated carbocycles. The van der Waals surface area contributed by atoms with E-state index in [0.717, 1.165) is 80.1 Å². The van der Waals surface area contributed by atoms with Gasteiger partial charge in [0.25, 0.3) is 0 Å². The summed E-state index contributed by atoms with van der Waals surface area (Å²) in [5.41, 5.74) is 25.0. The molecule has 74 heavy (non-hydrogen) atoms. The average Bonchev–Trinajstić information content (AvgIpc) is 3.49. The summed E-state index contributed by atoms with van der Waals surface area (Å²) in [5, 5.41) is 0. The van der Waals surface area contributed by atoms with Crippen molar-refractivity contribution >= 4 is 0 Å². The molecule has 350 valence electrons. The van der Waals surface area contributed by atoms with Gasteiger partial charge in [-0.3, -0.25) is 9.97 Å². The molecule has 0 spiro atoms. The van der Waals surface area contributed by atoms with Crippen molar-refractivity contribution in [1.82, 2.24) is 15.0 Å². The van der Waals surface area contributed by atoms with Gasteiger partial charge in [0.05, 0.1) is 22.8 Å². The Morgan fingerprint density at radius 2 is 0.541 bits per heavy atom. The van der Waals surface area contributed by atoms with Gasteiger partial charge in [0.2, 0.25) is 0 Å². The molecule has 0 amide bonds. The maximum absolute atomic E-state index is 5.25. The van der Waals surface area contributed by atoms with Crippen LogP contribution in [0.4, 0.5) is 0 Å². The van der Waals surface area contributed by atoms with E-state index in [1.165, 1.54) is 55.6 Å². The van der Waals surface area contributed by atoms with Gasteiger partial charge < -0.3 is 0 Å². The number of hydrogen-bond acceptors (Lipinski definition) is 3. The lowest BCUT2D eigenvalue weighted by molar-refractivity contribution is 0.961. The maximum Gasteiger partial charge on any atom is 0.0715 e. The van der Waals surface area contributed by atoms with Crippen LogP contribution in [0.25, 0.3) is 112 Å². The number of pyridine rings is 3. The number of benzene rings is 9. The molecule has 12 rings (SSSR count). The number of aryl methyl sites for hydroxylation is 2. The fourth-order valence-electron chi connectivity index (χ4n) is 10.0. The summed E-state index contributed by atoms with van der Waals surface area (Å²) in [4.78, 5) is 14.5. The molecule has 9 aromatic carbocycles. The third kappa shape index (κ3) is 10.0. The SMILES string of the molecule is c1ccc(-c2ccc(-c3cc(-c4ccccc4)nc(-c4ccc(CCc5cc(-c6ccccc6-c6ccc(-c7ccccn7)cc6)cc(-c6ccccc6-c6ccc(-c7ccccn7)cc6)c5)cc4)c3)cc2)cc1. The lowest BCUT2D eigenvalue weighted by Crippen LogP contribution is -1.96. The Kier molecular flexibility index (Phi) is 12.9. The van der Waals surface area contributed by atoms with Crippen LogP contribution in [-0.4, -0.2) is 15.0 Å².